The highest BCUT2D eigenvalue weighted by atomic mass is 16.1. The Morgan fingerprint density at radius 2 is 1.94 bits per heavy atom. The SMILES string of the molecule is Cc1ccccc1-n1cc(C(C)C)c(=O)[nH]1. The summed E-state index contributed by atoms with van der Waals surface area (Å²) < 4.78 is 1.80. The third-order valence-corrected chi connectivity index (χ3v) is 2.75. The molecule has 0 fully saturated rings. The van der Waals surface area contributed by atoms with E-state index >= 15 is 0 Å². The van der Waals surface area contributed by atoms with Gasteiger partial charge in [0.05, 0.1) is 5.69 Å². The maximum absolute atomic E-state index is 11.7. The van der Waals surface area contributed by atoms with Crippen LogP contribution >= 0.6 is 0 Å². The van der Waals surface area contributed by atoms with E-state index in [4.69, 9.17) is 0 Å². The van der Waals surface area contributed by atoms with E-state index in [1.54, 1.807) is 4.68 Å². The first-order valence-electron chi connectivity index (χ1n) is 5.47. The van der Waals surface area contributed by atoms with Crippen LogP contribution in [0.2, 0.25) is 0 Å². The third-order valence-electron chi connectivity index (χ3n) is 2.75. The van der Waals surface area contributed by atoms with Gasteiger partial charge in [-0.15, -0.1) is 0 Å². The number of aromatic nitrogens is 2. The highest BCUT2D eigenvalue weighted by Gasteiger charge is 2.09. The molecule has 0 saturated carbocycles. The number of hydrogen-bond acceptors (Lipinski definition) is 1. The van der Waals surface area contributed by atoms with Gasteiger partial charge in [-0.25, -0.2) is 0 Å². The fourth-order valence-corrected chi connectivity index (χ4v) is 1.78. The van der Waals surface area contributed by atoms with Crippen LogP contribution in [0.25, 0.3) is 5.69 Å². The highest BCUT2D eigenvalue weighted by molar-refractivity contribution is 5.39. The molecule has 0 aliphatic rings. The van der Waals surface area contributed by atoms with Crippen LogP contribution in [0.15, 0.2) is 35.3 Å². The maximum atomic E-state index is 11.7. The molecule has 3 nitrogen and oxygen atoms in total. The molecule has 1 aromatic heterocycles. The van der Waals surface area contributed by atoms with Gasteiger partial charge in [-0.05, 0) is 24.5 Å². The van der Waals surface area contributed by atoms with E-state index in [0.29, 0.717) is 0 Å². The van der Waals surface area contributed by atoms with Gasteiger partial charge in [0.2, 0.25) is 0 Å². The Morgan fingerprint density at radius 3 is 2.50 bits per heavy atom. The molecule has 1 aromatic carbocycles. The number of para-hydroxylation sites is 1. The molecule has 1 N–H and O–H groups in total. The molecule has 0 unspecified atom stereocenters. The Bertz CT molecular complexity index is 549. The maximum Gasteiger partial charge on any atom is 0.267 e. The van der Waals surface area contributed by atoms with Crippen LogP contribution in [-0.2, 0) is 0 Å². The molecular formula is C13H16N2O. The van der Waals surface area contributed by atoms with E-state index in [1.165, 1.54) is 0 Å². The number of benzene rings is 1. The molecule has 2 rings (SSSR count). The summed E-state index contributed by atoms with van der Waals surface area (Å²) in [6, 6.07) is 7.98. The van der Waals surface area contributed by atoms with Gasteiger partial charge in [0.15, 0.2) is 0 Å². The molecule has 16 heavy (non-hydrogen) atoms. The summed E-state index contributed by atoms with van der Waals surface area (Å²) in [6.45, 7) is 6.07. The van der Waals surface area contributed by atoms with Gasteiger partial charge in [-0.3, -0.25) is 14.6 Å². The molecule has 1 heterocycles. The minimum Gasteiger partial charge on any atom is -0.268 e. The van der Waals surface area contributed by atoms with E-state index in [9.17, 15) is 4.79 Å². The van der Waals surface area contributed by atoms with Crippen molar-refractivity contribution < 1.29 is 0 Å². The smallest absolute Gasteiger partial charge is 0.267 e. The summed E-state index contributed by atoms with van der Waals surface area (Å²) in [4.78, 5) is 11.7. The fraction of sp³-hybridized carbons (Fsp3) is 0.308. The predicted octanol–water partition coefficient (Wildman–Crippen LogP) is 2.60. The lowest BCUT2D eigenvalue weighted by molar-refractivity contribution is 0.855. The van der Waals surface area contributed by atoms with E-state index < -0.39 is 0 Å². The number of hydrogen-bond donors (Lipinski definition) is 1. The van der Waals surface area contributed by atoms with Gasteiger partial charge < -0.3 is 0 Å². The summed E-state index contributed by atoms with van der Waals surface area (Å²) in [5.74, 6) is 0.244. The van der Waals surface area contributed by atoms with E-state index in [2.05, 4.69) is 5.10 Å². The van der Waals surface area contributed by atoms with Gasteiger partial charge in [-0.2, -0.15) is 0 Å². The molecule has 84 valence electrons. The van der Waals surface area contributed by atoms with Crippen molar-refractivity contribution in [2.75, 3.05) is 0 Å². The first-order valence-corrected chi connectivity index (χ1v) is 5.47. The average Bonchev–Trinajstić information content (AvgIpc) is 2.61. The third kappa shape index (κ3) is 1.81. The van der Waals surface area contributed by atoms with Crippen LogP contribution < -0.4 is 5.56 Å². The molecule has 0 saturated heterocycles. The summed E-state index contributed by atoms with van der Waals surface area (Å²) in [5, 5.41) is 2.84. The molecular weight excluding hydrogens is 200 g/mol. The largest absolute Gasteiger partial charge is 0.268 e. The summed E-state index contributed by atoms with van der Waals surface area (Å²) in [6.07, 6.45) is 1.88. The molecule has 2 aromatic rings. The number of aryl methyl sites for hydroxylation is 1. The van der Waals surface area contributed by atoms with Gasteiger partial charge in [-0.1, -0.05) is 32.0 Å². The zero-order valence-corrected chi connectivity index (χ0v) is 9.82. The Balaban J connectivity index is 2.54. The van der Waals surface area contributed by atoms with Crippen LogP contribution in [-0.4, -0.2) is 9.78 Å². The molecule has 0 amide bonds. The highest BCUT2D eigenvalue weighted by Crippen LogP contribution is 2.14. The lowest BCUT2D eigenvalue weighted by Gasteiger charge is -2.05. The number of nitrogens with zero attached hydrogens (tertiary/aromatic N) is 1. The van der Waals surface area contributed by atoms with Gasteiger partial charge in [0.1, 0.15) is 0 Å². The van der Waals surface area contributed by atoms with E-state index in [0.717, 1.165) is 16.8 Å². The normalized spacial score (nSPS) is 11.0. The second-order valence-electron chi connectivity index (χ2n) is 4.34. The van der Waals surface area contributed by atoms with Crippen molar-refractivity contribution in [2.45, 2.75) is 26.7 Å². The van der Waals surface area contributed by atoms with Crippen LogP contribution in [0.1, 0.15) is 30.9 Å². The second-order valence-corrected chi connectivity index (χ2v) is 4.34. The topological polar surface area (TPSA) is 37.8 Å². The Labute approximate surface area is 94.7 Å². The number of H-pyrrole nitrogens is 1. The fourth-order valence-electron chi connectivity index (χ4n) is 1.78. The van der Waals surface area contributed by atoms with Crippen molar-refractivity contribution in [3.8, 4) is 5.69 Å². The van der Waals surface area contributed by atoms with Crippen molar-refractivity contribution in [3.63, 3.8) is 0 Å². The van der Waals surface area contributed by atoms with E-state index in [-0.39, 0.29) is 11.5 Å². The Morgan fingerprint density at radius 1 is 1.25 bits per heavy atom. The molecule has 0 spiro atoms. The van der Waals surface area contributed by atoms with Gasteiger partial charge in [0, 0.05) is 11.8 Å². The molecule has 0 radical (unpaired) electrons. The molecule has 3 heteroatoms. The van der Waals surface area contributed by atoms with Crippen molar-refractivity contribution in [1.82, 2.24) is 9.78 Å². The molecule has 0 bridgehead atoms. The minimum absolute atomic E-state index is 0.00162. The predicted molar refractivity (Wildman–Crippen MR) is 65.2 cm³/mol. The summed E-state index contributed by atoms with van der Waals surface area (Å²) >= 11 is 0. The molecule has 0 aliphatic heterocycles. The van der Waals surface area contributed by atoms with Crippen molar-refractivity contribution in [2.24, 2.45) is 0 Å². The van der Waals surface area contributed by atoms with Gasteiger partial charge >= 0.3 is 0 Å². The average molecular weight is 216 g/mol. The van der Waals surface area contributed by atoms with Crippen LogP contribution in [0.4, 0.5) is 0 Å². The lowest BCUT2D eigenvalue weighted by Crippen LogP contribution is -2.08. The van der Waals surface area contributed by atoms with Crippen molar-refractivity contribution in [1.29, 1.82) is 0 Å². The summed E-state index contributed by atoms with van der Waals surface area (Å²) in [5.41, 5.74) is 2.98. The van der Waals surface area contributed by atoms with E-state index in [1.807, 2.05) is 51.2 Å². The molecule has 0 atom stereocenters. The summed E-state index contributed by atoms with van der Waals surface area (Å²) in [7, 11) is 0. The second kappa shape index (κ2) is 4.00. The van der Waals surface area contributed by atoms with Crippen molar-refractivity contribution >= 4 is 0 Å². The zero-order chi connectivity index (χ0) is 11.7. The number of nitrogens with one attached hydrogen (secondary N) is 1. The van der Waals surface area contributed by atoms with Crippen LogP contribution in [0.5, 0.6) is 0 Å². The first-order chi connectivity index (χ1) is 7.59. The van der Waals surface area contributed by atoms with Crippen LogP contribution in [0, 0.1) is 6.92 Å². The number of aromatic amines is 1. The molecule has 0 aliphatic carbocycles. The Kier molecular flexibility index (Phi) is 2.69. The first kappa shape index (κ1) is 10.7. The van der Waals surface area contributed by atoms with Crippen LogP contribution in [0.3, 0.4) is 0 Å². The Hall–Kier alpha value is -1.77. The van der Waals surface area contributed by atoms with Crippen molar-refractivity contribution in [3.05, 3.63) is 51.9 Å². The quantitative estimate of drug-likeness (QED) is 0.823. The zero-order valence-electron chi connectivity index (χ0n) is 9.82. The standard InChI is InChI=1S/C13H16N2O/c1-9(2)11-8-15(14-13(11)16)12-7-5-4-6-10(12)3/h4-9H,1-3H3,(H,14,16). The lowest BCUT2D eigenvalue weighted by atomic mass is 10.1. The minimum atomic E-state index is -0.00162. The monoisotopic (exact) mass is 216 g/mol. The number of rotatable bonds is 2. The van der Waals surface area contributed by atoms with Gasteiger partial charge in [0.25, 0.3) is 5.56 Å².